The molecule has 0 aromatic carbocycles. The van der Waals surface area contributed by atoms with Crippen LogP contribution in [0.1, 0.15) is 42.5 Å². The summed E-state index contributed by atoms with van der Waals surface area (Å²) in [5, 5.41) is 4.33. The maximum atomic E-state index is 11.9. The summed E-state index contributed by atoms with van der Waals surface area (Å²) >= 11 is 0. The van der Waals surface area contributed by atoms with Gasteiger partial charge in [-0.05, 0) is 52.8 Å². The summed E-state index contributed by atoms with van der Waals surface area (Å²) in [6, 6.07) is 5.18. The lowest BCUT2D eigenvalue weighted by Crippen LogP contribution is -2.27. The SMILES string of the molecule is Cc1cc(C)n(-c2ccc(C(=O)OCC(=O)OC(C)(C)C)cn2)n1. The molecule has 2 rings (SSSR count). The third-order valence-electron chi connectivity index (χ3n) is 2.95. The number of rotatable bonds is 4. The van der Waals surface area contributed by atoms with E-state index in [2.05, 4.69) is 10.1 Å². The van der Waals surface area contributed by atoms with Gasteiger partial charge in [-0.1, -0.05) is 0 Å². The smallest absolute Gasteiger partial charge is 0.344 e. The minimum absolute atomic E-state index is 0.254. The van der Waals surface area contributed by atoms with Crippen LogP contribution in [0.15, 0.2) is 24.4 Å². The molecule has 7 heteroatoms. The Kier molecular flexibility index (Phi) is 5.02. The Labute approximate surface area is 140 Å². The number of esters is 2. The number of hydrogen-bond donors (Lipinski definition) is 0. The molecule has 0 aliphatic heterocycles. The monoisotopic (exact) mass is 331 g/mol. The highest BCUT2D eigenvalue weighted by Gasteiger charge is 2.18. The van der Waals surface area contributed by atoms with Gasteiger partial charge in [0.25, 0.3) is 0 Å². The fourth-order valence-electron chi connectivity index (χ4n) is 2.07. The zero-order chi connectivity index (χ0) is 17.9. The van der Waals surface area contributed by atoms with Gasteiger partial charge in [0.2, 0.25) is 0 Å². The van der Waals surface area contributed by atoms with E-state index in [1.165, 1.54) is 6.20 Å². The van der Waals surface area contributed by atoms with E-state index < -0.39 is 24.1 Å². The first kappa shape index (κ1) is 17.7. The van der Waals surface area contributed by atoms with Gasteiger partial charge >= 0.3 is 11.9 Å². The lowest BCUT2D eigenvalue weighted by atomic mass is 10.2. The van der Waals surface area contributed by atoms with Crippen LogP contribution in [-0.2, 0) is 14.3 Å². The number of aromatic nitrogens is 3. The molecule has 0 radical (unpaired) electrons. The van der Waals surface area contributed by atoms with Crippen LogP contribution in [0.5, 0.6) is 0 Å². The van der Waals surface area contributed by atoms with E-state index in [0.29, 0.717) is 5.82 Å². The summed E-state index contributed by atoms with van der Waals surface area (Å²) in [5.41, 5.74) is 1.46. The van der Waals surface area contributed by atoms with Gasteiger partial charge in [-0.3, -0.25) is 0 Å². The molecule has 0 N–H and O–H groups in total. The predicted molar refractivity (Wildman–Crippen MR) is 87.0 cm³/mol. The van der Waals surface area contributed by atoms with Crippen LogP contribution in [0.4, 0.5) is 0 Å². The Morgan fingerprint density at radius 2 is 1.92 bits per heavy atom. The summed E-state index contributed by atoms with van der Waals surface area (Å²) < 4.78 is 11.7. The van der Waals surface area contributed by atoms with Crippen LogP contribution in [0.2, 0.25) is 0 Å². The number of nitrogens with zero attached hydrogens (tertiary/aromatic N) is 3. The molecule has 2 aromatic rings. The van der Waals surface area contributed by atoms with E-state index in [0.717, 1.165) is 11.4 Å². The first-order chi connectivity index (χ1) is 11.2. The first-order valence-electron chi connectivity index (χ1n) is 7.54. The molecule has 0 saturated carbocycles. The van der Waals surface area contributed by atoms with Crippen LogP contribution in [0.3, 0.4) is 0 Å². The van der Waals surface area contributed by atoms with Crippen molar-refractivity contribution < 1.29 is 19.1 Å². The maximum absolute atomic E-state index is 11.9. The van der Waals surface area contributed by atoms with Crippen molar-refractivity contribution in [2.45, 2.75) is 40.2 Å². The van der Waals surface area contributed by atoms with Crippen molar-refractivity contribution in [1.82, 2.24) is 14.8 Å². The van der Waals surface area contributed by atoms with Crippen LogP contribution in [0, 0.1) is 13.8 Å². The highest BCUT2D eigenvalue weighted by molar-refractivity contribution is 5.90. The molecule has 0 unspecified atom stereocenters. The van der Waals surface area contributed by atoms with Gasteiger partial charge in [-0.25, -0.2) is 19.3 Å². The van der Waals surface area contributed by atoms with Crippen molar-refractivity contribution in [3.05, 3.63) is 41.3 Å². The highest BCUT2D eigenvalue weighted by atomic mass is 16.6. The quantitative estimate of drug-likeness (QED) is 0.800. The van der Waals surface area contributed by atoms with E-state index in [-0.39, 0.29) is 5.56 Å². The average molecular weight is 331 g/mol. The Morgan fingerprint density at radius 1 is 1.21 bits per heavy atom. The van der Waals surface area contributed by atoms with Crippen molar-refractivity contribution in [2.24, 2.45) is 0 Å². The standard InChI is InChI=1S/C17H21N3O4/c1-11-8-12(2)20(19-11)14-7-6-13(9-18-14)16(22)23-10-15(21)24-17(3,4)5/h6-9H,10H2,1-5H3. The molecule has 0 aliphatic rings. The average Bonchev–Trinajstić information content (AvgIpc) is 2.82. The van der Waals surface area contributed by atoms with Crippen LogP contribution >= 0.6 is 0 Å². The molecule has 128 valence electrons. The summed E-state index contributed by atoms with van der Waals surface area (Å²) in [6.45, 7) is 8.61. The second kappa shape index (κ2) is 6.82. The number of pyridine rings is 1. The van der Waals surface area contributed by atoms with Gasteiger partial charge in [0.15, 0.2) is 12.4 Å². The molecular formula is C17H21N3O4. The van der Waals surface area contributed by atoms with Gasteiger partial charge in [0.05, 0.1) is 11.3 Å². The van der Waals surface area contributed by atoms with Gasteiger partial charge in [0.1, 0.15) is 5.60 Å². The molecule has 2 aromatic heterocycles. The minimum atomic E-state index is -0.631. The molecule has 0 bridgehead atoms. The van der Waals surface area contributed by atoms with Crippen LogP contribution < -0.4 is 0 Å². The van der Waals surface area contributed by atoms with E-state index in [9.17, 15) is 9.59 Å². The summed E-state index contributed by atoms with van der Waals surface area (Å²) in [4.78, 5) is 27.7. The summed E-state index contributed by atoms with van der Waals surface area (Å²) in [5.74, 6) is -0.624. The summed E-state index contributed by atoms with van der Waals surface area (Å²) in [6.07, 6.45) is 1.39. The Balaban J connectivity index is 1.99. The fourth-order valence-corrected chi connectivity index (χ4v) is 2.07. The molecule has 0 spiro atoms. The molecule has 0 amide bonds. The van der Waals surface area contributed by atoms with E-state index in [4.69, 9.17) is 9.47 Å². The molecule has 2 heterocycles. The third-order valence-corrected chi connectivity index (χ3v) is 2.95. The number of hydrogen-bond acceptors (Lipinski definition) is 6. The van der Waals surface area contributed by atoms with E-state index in [1.54, 1.807) is 37.6 Å². The molecule has 0 fully saturated rings. The highest BCUT2D eigenvalue weighted by Crippen LogP contribution is 2.11. The molecule has 24 heavy (non-hydrogen) atoms. The zero-order valence-electron chi connectivity index (χ0n) is 14.5. The largest absolute Gasteiger partial charge is 0.457 e. The van der Waals surface area contributed by atoms with Gasteiger partial charge in [-0.2, -0.15) is 5.10 Å². The lowest BCUT2D eigenvalue weighted by Gasteiger charge is -2.19. The maximum Gasteiger partial charge on any atom is 0.344 e. The third kappa shape index (κ3) is 4.65. The topological polar surface area (TPSA) is 83.3 Å². The molecule has 0 saturated heterocycles. The van der Waals surface area contributed by atoms with Crippen molar-refractivity contribution >= 4 is 11.9 Å². The number of ether oxygens (including phenoxy) is 2. The molecule has 7 nitrogen and oxygen atoms in total. The minimum Gasteiger partial charge on any atom is -0.457 e. The molecule has 0 atom stereocenters. The van der Waals surface area contributed by atoms with Gasteiger partial charge in [0, 0.05) is 11.9 Å². The van der Waals surface area contributed by atoms with E-state index in [1.807, 2.05) is 19.9 Å². The predicted octanol–water partition coefficient (Wildman–Crippen LogP) is 2.38. The Hall–Kier alpha value is -2.70. The number of carbonyl (C=O) groups is 2. The number of carbonyl (C=O) groups excluding carboxylic acids is 2. The molecule has 0 aliphatic carbocycles. The summed E-state index contributed by atoms with van der Waals surface area (Å²) in [7, 11) is 0. The lowest BCUT2D eigenvalue weighted by molar-refractivity contribution is -0.158. The zero-order valence-corrected chi connectivity index (χ0v) is 14.5. The number of aryl methyl sites for hydroxylation is 2. The second-order valence-corrected chi connectivity index (χ2v) is 6.41. The van der Waals surface area contributed by atoms with E-state index >= 15 is 0 Å². The second-order valence-electron chi connectivity index (χ2n) is 6.41. The Morgan fingerprint density at radius 3 is 2.42 bits per heavy atom. The Bertz CT molecular complexity index is 742. The fraction of sp³-hybridized carbons (Fsp3) is 0.412. The van der Waals surface area contributed by atoms with Crippen molar-refractivity contribution in [2.75, 3.05) is 6.61 Å². The molecular weight excluding hydrogens is 310 g/mol. The van der Waals surface area contributed by atoms with Gasteiger partial charge < -0.3 is 9.47 Å². The van der Waals surface area contributed by atoms with Crippen LogP contribution in [0.25, 0.3) is 5.82 Å². The van der Waals surface area contributed by atoms with Crippen LogP contribution in [-0.4, -0.2) is 38.9 Å². The normalized spacial score (nSPS) is 11.2. The first-order valence-corrected chi connectivity index (χ1v) is 7.54. The van der Waals surface area contributed by atoms with Gasteiger partial charge in [-0.15, -0.1) is 0 Å². The van der Waals surface area contributed by atoms with Crippen molar-refractivity contribution in [3.63, 3.8) is 0 Å². The van der Waals surface area contributed by atoms with Crippen molar-refractivity contribution in [3.8, 4) is 5.82 Å². The van der Waals surface area contributed by atoms with Crippen molar-refractivity contribution in [1.29, 1.82) is 0 Å².